The standard InChI is InChI=1S/C21H22ClFN4/c1-6-15(24)10-21(25-4)27(5)20-11-19(26-12-17(20)13(2)3)16-9-14(22)7-8-18(16)23/h6-12H,2,4,24H2,1,3,5H3/b15-6+,21-10+. The van der Waals surface area contributed by atoms with Crippen LogP contribution in [0.3, 0.4) is 0 Å². The van der Waals surface area contributed by atoms with Crippen LogP contribution in [0.5, 0.6) is 0 Å². The first-order valence-electron chi connectivity index (χ1n) is 8.23. The summed E-state index contributed by atoms with van der Waals surface area (Å²) in [6.07, 6.45) is 5.12. The molecule has 0 spiro atoms. The molecule has 0 radical (unpaired) electrons. The molecule has 27 heavy (non-hydrogen) atoms. The molecule has 2 N–H and O–H groups in total. The molecule has 0 unspecified atom stereocenters. The molecule has 140 valence electrons. The van der Waals surface area contributed by atoms with Gasteiger partial charge in [-0.1, -0.05) is 24.3 Å². The Morgan fingerprint density at radius 2 is 2.07 bits per heavy atom. The third-order valence-electron chi connectivity index (χ3n) is 4.04. The Hall–Kier alpha value is -2.92. The first-order valence-corrected chi connectivity index (χ1v) is 8.61. The van der Waals surface area contributed by atoms with Crippen LogP contribution in [0.1, 0.15) is 19.4 Å². The Kier molecular flexibility index (Phi) is 6.53. The average molecular weight is 385 g/mol. The van der Waals surface area contributed by atoms with Crippen molar-refractivity contribution in [3.8, 4) is 11.3 Å². The summed E-state index contributed by atoms with van der Waals surface area (Å²) in [5.74, 6) is 0.135. The topological polar surface area (TPSA) is 54.5 Å². The van der Waals surface area contributed by atoms with Crippen molar-refractivity contribution in [2.24, 2.45) is 10.7 Å². The molecular formula is C21H22ClFN4. The molecule has 0 atom stereocenters. The van der Waals surface area contributed by atoms with Gasteiger partial charge in [0.25, 0.3) is 0 Å². The summed E-state index contributed by atoms with van der Waals surface area (Å²) in [7, 11) is 1.82. The molecule has 0 aliphatic rings. The lowest BCUT2D eigenvalue weighted by molar-refractivity contribution is 0.631. The zero-order chi connectivity index (χ0) is 20.1. The van der Waals surface area contributed by atoms with Gasteiger partial charge >= 0.3 is 0 Å². The number of nitrogens with two attached hydrogens (primary N) is 1. The molecule has 0 saturated carbocycles. The molecule has 2 rings (SSSR count). The Balaban J connectivity index is 2.66. The summed E-state index contributed by atoms with van der Waals surface area (Å²) in [4.78, 5) is 10.3. The van der Waals surface area contributed by atoms with Crippen LogP contribution in [-0.4, -0.2) is 18.7 Å². The van der Waals surface area contributed by atoms with Crippen LogP contribution in [-0.2, 0) is 0 Å². The van der Waals surface area contributed by atoms with E-state index in [1.54, 1.807) is 35.4 Å². The molecule has 4 nitrogen and oxygen atoms in total. The van der Waals surface area contributed by atoms with Crippen LogP contribution in [0.2, 0.25) is 5.02 Å². The molecule has 6 heteroatoms. The zero-order valence-electron chi connectivity index (χ0n) is 15.6. The second-order valence-electron chi connectivity index (χ2n) is 6.00. The average Bonchev–Trinajstić information content (AvgIpc) is 2.66. The minimum Gasteiger partial charge on any atom is -0.399 e. The van der Waals surface area contributed by atoms with E-state index in [-0.39, 0.29) is 0 Å². The van der Waals surface area contributed by atoms with E-state index in [1.807, 2.05) is 20.9 Å². The number of benzene rings is 1. The second kappa shape index (κ2) is 8.64. The van der Waals surface area contributed by atoms with Gasteiger partial charge in [-0.2, -0.15) is 0 Å². The summed E-state index contributed by atoms with van der Waals surface area (Å²) in [5, 5.41) is 0.432. The number of halogens is 2. The van der Waals surface area contributed by atoms with Gasteiger partial charge in [0.2, 0.25) is 0 Å². The van der Waals surface area contributed by atoms with Crippen molar-refractivity contribution in [1.29, 1.82) is 0 Å². The number of aliphatic imine (C=N–C) groups is 1. The molecule has 1 aromatic heterocycles. The van der Waals surface area contributed by atoms with Gasteiger partial charge in [0.05, 0.1) is 11.4 Å². The van der Waals surface area contributed by atoms with Gasteiger partial charge in [0, 0.05) is 41.2 Å². The molecule has 1 aromatic carbocycles. The van der Waals surface area contributed by atoms with Crippen LogP contribution in [0.15, 0.2) is 65.7 Å². The summed E-state index contributed by atoms with van der Waals surface area (Å²) >= 11 is 6.03. The fourth-order valence-electron chi connectivity index (χ4n) is 2.50. The highest BCUT2D eigenvalue weighted by atomic mass is 35.5. The molecule has 0 saturated heterocycles. The quantitative estimate of drug-likeness (QED) is 0.534. The van der Waals surface area contributed by atoms with E-state index in [4.69, 9.17) is 17.3 Å². The number of hydrogen-bond donors (Lipinski definition) is 1. The number of anilines is 1. The smallest absolute Gasteiger partial charge is 0.133 e. The minimum absolute atomic E-state index is 0.315. The van der Waals surface area contributed by atoms with Crippen molar-refractivity contribution < 1.29 is 4.39 Å². The molecule has 1 heterocycles. The van der Waals surface area contributed by atoms with Crippen molar-refractivity contribution in [3.63, 3.8) is 0 Å². The van der Waals surface area contributed by atoms with Gasteiger partial charge in [-0.15, -0.1) is 0 Å². The minimum atomic E-state index is -0.403. The molecular weight excluding hydrogens is 363 g/mol. The molecule has 0 amide bonds. The molecule has 0 aliphatic heterocycles. The fourth-order valence-corrected chi connectivity index (χ4v) is 2.67. The summed E-state index contributed by atoms with van der Waals surface area (Å²) < 4.78 is 14.3. The Bertz CT molecular complexity index is 947. The third kappa shape index (κ3) is 4.63. The van der Waals surface area contributed by atoms with Crippen molar-refractivity contribution in [1.82, 2.24) is 4.98 Å². The SMILES string of the molecule is C=N/C(=C\C(N)=C/C)N(C)c1cc(-c2cc(Cl)ccc2F)ncc1C(=C)C. The number of nitrogens with zero attached hydrogens (tertiary/aromatic N) is 3. The maximum Gasteiger partial charge on any atom is 0.133 e. The predicted octanol–water partition coefficient (Wildman–Crippen LogP) is 5.41. The van der Waals surface area contributed by atoms with E-state index in [0.717, 1.165) is 16.8 Å². The van der Waals surface area contributed by atoms with E-state index in [9.17, 15) is 4.39 Å². The van der Waals surface area contributed by atoms with Gasteiger partial charge in [0.1, 0.15) is 11.6 Å². The lowest BCUT2D eigenvalue weighted by atomic mass is 10.0. The molecule has 0 fully saturated rings. The van der Waals surface area contributed by atoms with Crippen molar-refractivity contribution in [2.45, 2.75) is 13.8 Å². The summed E-state index contributed by atoms with van der Waals surface area (Å²) in [6, 6.07) is 6.13. The van der Waals surface area contributed by atoms with Crippen LogP contribution < -0.4 is 10.6 Å². The van der Waals surface area contributed by atoms with Crippen LogP contribution in [0.4, 0.5) is 10.1 Å². The Morgan fingerprint density at radius 3 is 2.67 bits per heavy atom. The van der Waals surface area contributed by atoms with Crippen LogP contribution >= 0.6 is 11.6 Å². The fraction of sp³-hybridized carbons (Fsp3) is 0.143. The lowest BCUT2D eigenvalue weighted by Gasteiger charge is -2.23. The number of pyridine rings is 1. The normalized spacial score (nSPS) is 12.0. The number of hydrogen-bond acceptors (Lipinski definition) is 4. The van der Waals surface area contributed by atoms with E-state index in [2.05, 4.69) is 23.3 Å². The first kappa shape index (κ1) is 20.4. The molecule has 2 aromatic rings. The summed E-state index contributed by atoms with van der Waals surface area (Å²) in [5.41, 5.74) is 9.57. The van der Waals surface area contributed by atoms with E-state index < -0.39 is 5.82 Å². The number of allylic oxidation sites excluding steroid dienone is 3. The van der Waals surface area contributed by atoms with Gasteiger partial charge in [-0.25, -0.2) is 9.38 Å². The van der Waals surface area contributed by atoms with E-state index in [0.29, 0.717) is 27.8 Å². The molecule has 0 aliphatic carbocycles. The van der Waals surface area contributed by atoms with E-state index >= 15 is 0 Å². The predicted molar refractivity (Wildman–Crippen MR) is 113 cm³/mol. The van der Waals surface area contributed by atoms with Gasteiger partial charge in [0.15, 0.2) is 0 Å². The largest absolute Gasteiger partial charge is 0.399 e. The number of aromatic nitrogens is 1. The highest BCUT2D eigenvalue weighted by Crippen LogP contribution is 2.33. The maximum atomic E-state index is 14.3. The first-order chi connectivity index (χ1) is 12.8. The Morgan fingerprint density at radius 1 is 1.37 bits per heavy atom. The third-order valence-corrected chi connectivity index (χ3v) is 4.28. The highest BCUT2D eigenvalue weighted by Gasteiger charge is 2.16. The monoisotopic (exact) mass is 384 g/mol. The van der Waals surface area contributed by atoms with Gasteiger partial charge < -0.3 is 10.6 Å². The Labute approximate surface area is 164 Å². The molecule has 0 bridgehead atoms. The van der Waals surface area contributed by atoms with Crippen molar-refractivity contribution in [2.75, 3.05) is 11.9 Å². The van der Waals surface area contributed by atoms with Crippen molar-refractivity contribution in [3.05, 3.63) is 77.1 Å². The zero-order valence-corrected chi connectivity index (χ0v) is 16.4. The van der Waals surface area contributed by atoms with Crippen molar-refractivity contribution >= 4 is 29.6 Å². The lowest BCUT2D eigenvalue weighted by Crippen LogP contribution is -2.18. The van der Waals surface area contributed by atoms with Crippen LogP contribution in [0, 0.1) is 5.82 Å². The van der Waals surface area contributed by atoms with Crippen LogP contribution in [0.25, 0.3) is 16.8 Å². The van der Waals surface area contributed by atoms with Gasteiger partial charge in [-0.3, -0.25) is 4.98 Å². The second-order valence-corrected chi connectivity index (χ2v) is 6.44. The maximum absolute atomic E-state index is 14.3. The van der Waals surface area contributed by atoms with E-state index in [1.165, 1.54) is 12.1 Å². The summed E-state index contributed by atoms with van der Waals surface area (Å²) in [6.45, 7) is 11.3. The number of rotatable bonds is 6. The van der Waals surface area contributed by atoms with Gasteiger partial charge in [-0.05, 0) is 50.4 Å². The highest BCUT2D eigenvalue weighted by molar-refractivity contribution is 6.30.